The summed E-state index contributed by atoms with van der Waals surface area (Å²) in [7, 11) is 0. The average Bonchev–Trinajstić information content (AvgIpc) is 2.34. The standard InChI is InChI=1S/C17H24N2O/c1-13(10-17(2,3)4)8-16(20)19-12-15-7-5-6-14(9-15)11-18/h5-7,9,13H,8,10,12H2,1-4H3,(H,19,20). The predicted molar refractivity (Wildman–Crippen MR) is 80.9 cm³/mol. The van der Waals surface area contributed by atoms with Gasteiger partial charge in [-0.3, -0.25) is 4.79 Å². The van der Waals surface area contributed by atoms with E-state index in [0.29, 0.717) is 24.4 Å². The minimum atomic E-state index is 0.0733. The van der Waals surface area contributed by atoms with Crippen molar-refractivity contribution in [1.29, 1.82) is 5.26 Å². The molecule has 1 aromatic carbocycles. The highest BCUT2D eigenvalue weighted by molar-refractivity contribution is 5.76. The van der Waals surface area contributed by atoms with E-state index >= 15 is 0 Å². The number of carbonyl (C=O) groups is 1. The van der Waals surface area contributed by atoms with Crippen molar-refractivity contribution in [1.82, 2.24) is 5.32 Å². The monoisotopic (exact) mass is 272 g/mol. The molecule has 0 bridgehead atoms. The third-order valence-electron chi connectivity index (χ3n) is 3.04. The highest BCUT2D eigenvalue weighted by atomic mass is 16.1. The molecule has 1 unspecified atom stereocenters. The quantitative estimate of drug-likeness (QED) is 0.889. The number of benzene rings is 1. The van der Waals surface area contributed by atoms with Gasteiger partial charge in [-0.2, -0.15) is 5.26 Å². The fourth-order valence-electron chi connectivity index (χ4n) is 2.46. The second-order valence-corrected chi connectivity index (χ2v) is 6.66. The van der Waals surface area contributed by atoms with Crippen molar-refractivity contribution in [3.05, 3.63) is 35.4 Å². The highest BCUT2D eigenvalue weighted by Gasteiger charge is 2.17. The molecule has 108 valence electrons. The number of amides is 1. The van der Waals surface area contributed by atoms with Gasteiger partial charge in [0.2, 0.25) is 5.91 Å². The van der Waals surface area contributed by atoms with Crippen molar-refractivity contribution < 1.29 is 4.79 Å². The van der Waals surface area contributed by atoms with Gasteiger partial charge in [0.1, 0.15) is 0 Å². The molecule has 0 saturated carbocycles. The van der Waals surface area contributed by atoms with E-state index in [9.17, 15) is 4.79 Å². The molecule has 0 aliphatic heterocycles. The van der Waals surface area contributed by atoms with Crippen LogP contribution in [-0.2, 0) is 11.3 Å². The van der Waals surface area contributed by atoms with Crippen molar-refractivity contribution >= 4 is 5.91 Å². The summed E-state index contributed by atoms with van der Waals surface area (Å²) in [5.41, 5.74) is 1.83. The van der Waals surface area contributed by atoms with Crippen LogP contribution in [0.15, 0.2) is 24.3 Å². The average molecular weight is 272 g/mol. The van der Waals surface area contributed by atoms with E-state index in [4.69, 9.17) is 5.26 Å². The zero-order chi connectivity index (χ0) is 15.2. The van der Waals surface area contributed by atoms with Gasteiger partial charge in [0, 0.05) is 13.0 Å². The minimum absolute atomic E-state index is 0.0733. The Balaban J connectivity index is 2.42. The van der Waals surface area contributed by atoms with Crippen molar-refractivity contribution in [2.24, 2.45) is 11.3 Å². The zero-order valence-electron chi connectivity index (χ0n) is 12.9. The summed E-state index contributed by atoms with van der Waals surface area (Å²) in [6, 6.07) is 9.42. The maximum Gasteiger partial charge on any atom is 0.220 e. The van der Waals surface area contributed by atoms with Gasteiger partial charge in [-0.25, -0.2) is 0 Å². The molecule has 1 N–H and O–H groups in total. The van der Waals surface area contributed by atoms with E-state index in [-0.39, 0.29) is 11.3 Å². The minimum Gasteiger partial charge on any atom is -0.352 e. The summed E-state index contributed by atoms with van der Waals surface area (Å²) in [6.07, 6.45) is 1.58. The van der Waals surface area contributed by atoms with Crippen LogP contribution in [0.3, 0.4) is 0 Å². The van der Waals surface area contributed by atoms with Gasteiger partial charge < -0.3 is 5.32 Å². The first-order valence-electron chi connectivity index (χ1n) is 7.06. The third-order valence-corrected chi connectivity index (χ3v) is 3.04. The molecule has 3 heteroatoms. The number of nitrogens with one attached hydrogen (secondary N) is 1. The number of nitrogens with zero attached hydrogens (tertiary/aromatic N) is 1. The summed E-state index contributed by atoms with van der Waals surface area (Å²) < 4.78 is 0. The molecule has 1 atom stereocenters. The van der Waals surface area contributed by atoms with E-state index in [0.717, 1.165) is 12.0 Å². The van der Waals surface area contributed by atoms with E-state index in [1.165, 1.54) is 0 Å². The Hall–Kier alpha value is -1.82. The molecule has 0 spiro atoms. The van der Waals surface area contributed by atoms with Crippen LogP contribution < -0.4 is 5.32 Å². The van der Waals surface area contributed by atoms with E-state index in [2.05, 4.69) is 39.1 Å². The largest absolute Gasteiger partial charge is 0.352 e. The maximum absolute atomic E-state index is 11.9. The molecule has 1 rings (SSSR count). The molecule has 20 heavy (non-hydrogen) atoms. The molecule has 1 amide bonds. The van der Waals surface area contributed by atoms with Gasteiger partial charge in [-0.15, -0.1) is 0 Å². The summed E-state index contributed by atoms with van der Waals surface area (Å²) >= 11 is 0. The van der Waals surface area contributed by atoms with Crippen LogP contribution in [0.1, 0.15) is 51.7 Å². The maximum atomic E-state index is 11.9. The lowest BCUT2D eigenvalue weighted by Crippen LogP contribution is -2.25. The lowest BCUT2D eigenvalue weighted by molar-refractivity contribution is -0.122. The van der Waals surface area contributed by atoms with Crippen LogP contribution in [0.2, 0.25) is 0 Å². The number of hydrogen-bond donors (Lipinski definition) is 1. The molecule has 0 heterocycles. The first kappa shape index (κ1) is 16.2. The molecule has 0 saturated heterocycles. The van der Waals surface area contributed by atoms with E-state index < -0.39 is 0 Å². The molecular weight excluding hydrogens is 248 g/mol. The second-order valence-electron chi connectivity index (χ2n) is 6.66. The van der Waals surface area contributed by atoms with Crippen LogP contribution in [-0.4, -0.2) is 5.91 Å². The smallest absolute Gasteiger partial charge is 0.220 e. The van der Waals surface area contributed by atoms with Crippen LogP contribution >= 0.6 is 0 Å². The molecule has 0 aliphatic rings. The number of nitriles is 1. The Bertz CT molecular complexity index is 494. The fraction of sp³-hybridized carbons (Fsp3) is 0.529. The molecule has 3 nitrogen and oxygen atoms in total. The van der Waals surface area contributed by atoms with Gasteiger partial charge in [0.25, 0.3) is 0 Å². The Kier molecular flexibility index (Phi) is 5.76. The van der Waals surface area contributed by atoms with Crippen molar-refractivity contribution in [2.45, 2.75) is 47.1 Å². The van der Waals surface area contributed by atoms with Gasteiger partial charge in [-0.1, -0.05) is 39.8 Å². The van der Waals surface area contributed by atoms with Crippen LogP contribution in [0.25, 0.3) is 0 Å². The summed E-state index contributed by atoms with van der Waals surface area (Å²) in [6.45, 7) is 9.16. The van der Waals surface area contributed by atoms with E-state index in [1.807, 2.05) is 12.1 Å². The van der Waals surface area contributed by atoms with Gasteiger partial charge in [-0.05, 0) is 35.4 Å². The summed E-state index contributed by atoms with van der Waals surface area (Å²) in [5, 5.41) is 11.7. The lowest BCUT2D eigenvalue weighted by Gasteiger charge is -2.22. The Labute approximate surface area is 122 Å². The summed E-state index contributed by atoms with van der Waals surface area (Å²) in [5.74, 6) is 0.449. The highest BCUT2D eigenvalue weighted by Crippen LogP contribution is 2.25. The van der Waals surface area contributed by atoms with Crippen LogP contribution in [0.5, 0.6) is 0 Å². The first-order chi connectivity index (χ1) is 9.30. The van der Waals surface area contributed by atoms with E-state index in [1.54, 1.807) is 12.1 Å². The van der Waals surface area contributed by atoms with Crippen molar-refractivity contribution in [2.75, 3.05) is 0 Å². The Morgan fingerprint density at radius 2 is 2.10 bits per heavy atom. The van der Waals surface area contributed by atoms with Crippen LogP contribution in [0, 0.1) is 22.7 Å². The van der Waals surface area contributed by atoms with Gasteiger partial charge in [0.15, 0.2) is 0 Å². The fourth-order valence-corrected chi connectivity index (χ4v) is 2.46. The number of rotatable bonds is 5. The molecule has 1 aromatic rings. The third kappa shape index (κ3) is 6.38. The normalized spacial score (nSPS) is 12.6. The topological polar surface area (TPSA) is 52.9 Å². The van der Waals surface area contributed by atoms with Crippen molar-refractivity contribution in [3.63, 3.8) is 0 Å². The van der Waals surface area contributed by atoms with Gasteiger partial charge >= 0.3 is 0 Å². The van der Waals surface area contributed by atoms with Crippen LogP contribution in [0.4, 0.5) is 0 Å². The van der Waals surface area contributed by atoms with Crippen molar-refractivity contribution in [3.8, 4) is 6.07 Å². The lowest BCUT2D eigenvalue weighted by atomic mass is 9.84. The first-order valence-corrected chi connectivity index (χ1v) is 7.06. The Morgan fingerprint density at radius 1 is 1.40 bits per heavy atom. The molecular formula is C17H24N2O. The number of carbonyl (C=O) groups excluding carboxylic acids is 1. The summed E-state index contributed by atoms with van der Waals surface area (Å²) in [4.78, 5) is 11.9. The van der Waals surface area contributed by atoms with Gasteiger partial charge in [0.05, 0.1) is 11.6 Å². The second kappa shape index (κ2) is 7.09. The predicted octanol–water partition coefficient (Wildman–Crippen LogP) is 3.64. The Morgan fingerprint density at radius 3 is 2.70 bits per heavy atom. The molecule has 0 aliphatic carbocycles. The molecule has 0 fully saturated rings. The molecule has 0 radical (unpaired) electrons. The zero-order valence-corrected chi connectivity index (χ0v) is 12.9. The molecule has 0 aromatic heterocycles. The SMILES string of the molecule is CC(CC(=O)NCc1cccc(C#N)c1)CC(C)(C)C. The number of hydrogen-bond acceptors (Lipinski definition) is 2.